The number of hydrogen-bond donors (Lipinski definition) is 1. The number of nitrogens with zero attached hydrogens (tertiary/aromatic N) is 1. The van der Waals surface area contributed by atoms with Gasteiger partial charge in [-0.15, -0.1) is 0 Å². The lowest BCUT2D eigenvalue weighted by molar-refractivity contribution is -0.138. The van der Waals surface area contributed by atoms with Crippen molar-refractivity contribution in [3.8, 4) is 0 Å². The monoisotopic (exact) mass is 359 g/mol. The van der Waals surface area contributed by atoms with Crippen molar-refractivity contribution in [1.29, 1.82) is 0 Å². The Bertz CT molecular complexity index is 613. The maximum absolute atomic E-state index is 11.8. The number of carbonyl (C=O) groups is 1. The summed E-state index contributed by atoms with van der Waals surface area (Å²) in [6, 6.07) is 18.6. The highest BCUT2D eigenvalue weighted by atomic mass is 79.9. The van der Waals surface area contributed by atoms with Crippen molar-refractivity contribution in [2.24, 2.45) is 0 Å². The second-order valence-electron chi connectivity index (χ2n) is 4.83. The normalized spacial score (nSPS) is 12.2. The number of hydrogen-bond acceptors (Lipinski definition) is 2. The molecule has 0 unspecified atom stereocenters. The Morgan fingerprint density at radius 1 is 1.09 bits per heavy atom. The van der Waals surface area contributed by atoms with Gasteiger partial charge in [-0.05, 0) is 17.7 Å². The predicted molar refractivity (Wildman–Crippen MR) is 93.4 cm³/mol. The van der Waals surface area contributed by atoms with Gasteiger partial charge in [-0.2, -0.15) is 0 Å². The van der Waals surface area contributed by atoms with Gasteiger partial charge in [-0.25, -0.2) is 4.79 Å². The highest BCUT2D eigenvalue weighted by Gasteiger charge is 2.24. The van der Waals surface area contributed by atoms with E-state index in [1.807, 2.05) is 72.9 Å². The topological polar surface area (TPSA) is 40.5 Å². The van der Waals surface area contributed by atoms with Crippen molar-refractivity contribution in [1.82, 2.24) is 0 Å². The summed E-state index contributed by atoms with van der Waals surface area (Å²) in [7, 11) is 0. The molecule has 0 saturated heterocycles. The third-order valence-electron chi connectivity index (χ3n) is 3.30. The van der Waals surface area contributed by atoms with Crippen LogP contribution in [0.5, 0.6) is 0 Å². The number of anilines is 1. The summed E-state index contributed by atoms with van der Waals surface area (Å²) in [5, 5.41) is 10.4. The van der Waals surface area contributed by atoms with Crippen LogP contribution in [0.4, 0.5) is 5.69 Å². The highest BCUT2D eigenvalue weighted by Crippen LogP contribution is 2.20. The van der Waals surface area contributed by atoms with Gasteiger partial charge < -0.3 is 10.0 Å². The van der Waals surface area contributed by atoms with Crippen LogP contribution in [0.3, 0.4) is 0 Å². The number of allylic oxidation sites excluding steroid dienone is 1. The van der Waals surface area contributed by atoms with E-state index in [0.29, 0.717) is 11.8 Å². The van der Waals surface area contributed by atoms with E-state index < -0.39 is 12.0 Å². The van der Waals surface area contributed by atoms with Crippen molar-refractivity contribution in [3.63, 3.8) is 0 Å². The standard InChI is InChI=1S/C18H18BrNO2/c19-12-7-13-20(16-10-5-2-6-11-16)17(18(21)22)14-15-8-3-1-4-9-15/h1-11,13,17H,12,14H2,(H,21,22)/t17-/m0/s1. The highest BCUT2D eigenvalue weighted by molar-refractivity contribution is 9.09. The molecular weight excluding hydrogens is 342 g/mol. The van der Waals surface area contributed by atoms with E-state index in [1.54, 1.807) is 4.90 Å². The summed E-state index contributed by atoms with van der Waals surface area (Å²) in [5.74, 6) is -0.841. The lowest BCUT2D eigenvalue weighted by atomic mass is 10.0. The second-order valence-corrected chi connectivity index (χ2v) is 5.47. The first-order valence-electron chi connectivity index (χ1n) is 7.05. The second kappa shape index (κ2) is 8.39. The molecule has 0 saturated carbocycles. The number of alkyl halides is 1. The molecule has 0 aliphatic carbocycles. The predicted octanol–water partition coefficient (Wildman–Crippen LogP) is 4.10. The largest absolute Gasteiger partial charge is 0.480 e. The van der Waals surface area contributed by atoms with Gasteiger partial charge in [0.2, 0.25) is 0 Å². The summed E-state index contributed by atoms with van der Waals surface area (Å²) in [5.41, 5.74) is 1.87. The zero-order chi connectivity index (χ0) is 15.8. The molecule has 2 aromatic rings. The average Bonchev–Trinajstić information content (AvgIpc) is 2.56. The quantitative estimate of drug-likeness (QED) is 0.756. The number of aliphatic carboxylic acids is 1. The summed E-state index contributed by atoms with van der Waals surface area (Å²) in [4.78, 5) is 13.6. The minimum Gasteiger partial charge on any atom is -0.480 e. The number of halogens is 1. The van der Waals surface area contributed by atoms with E-state index in [-0.39, 0.29) is 0 Å². The molecule has 0 fully saturated rings. The van der Waals surface area contributed by atoms with Gasteiger partial charge in [0.15, 0.2) is 0 Å². The van der Waals surface area contributed by atoms with E-state index in [4.69, 9.17) is 0 Å². The molecule has 3 nitrogen and oxygen atoms in total. The van der Waals surface area contributed by atoms with Gasteiger partial charge >= 0.3 is 5.97 Å². The number of para-hydroxylation sites is 1. The summed E-state index contributed by atoms with van der Waals surface area (Å²) >= 11 is 3.34. The third-order valence-corrected chi connectivity index (χ3v) is 3.68. The first kappa shape index (κ1) is 16.3. The molecule has 4 heteroatoms. The molecule has 0 heterocycles. The minimum absolute atomic E-state index is 0.442. The zero-order valence-corrected chi connectivity index (χ0v) is 13.7. The zero-order valence-electron chi connectivity index (χ0n) is 12.1. The average molecular weight is 360 g/mol. The molecule has 0 bridgehead atoms. The van der Waals surface area contributed by atoms with Crippen LogP contribution in [0, 0.1) is 0 Å². The van der Waals surface area contributed by atoms with E-state index in [2.05, 4.69) is 15.9 Å². The molecule has 0 aliphatic rings. The van der Waals surface area contributed by atoms with E-state index in [0.717, 1.165) is 11.3 Å². The van der Waals surface area contributed by atoms with Crippen molar-refractivity contribution in [3.05, 3.63) is 78.5 Å². The van der Waals surface area contributed by atoms with Gasteiger partial charge in [0.05, 0.1) is 0 Å². The molecule has 0 aromatic heterocycles. The van der Waals surface area contributed by atoms with Crippen molar-refractivity contribution in [2.75, 3.05) is 10.2 Å². The smallest absolute Gasteiger partial charge is 0.327 e. The molecule has 2 rings (SSSR count). The van der Waals surface area contributed by atoms with Crippen LogP contribution in [0.15, 0.2) is 72.9 Å². The lowest BCUT2D eigenvalue weighted by Crippen LogP contribution is -2.39. The molecule has 22 heavy (non-hydrogen) atoms. The molecule has 1 N–H and O–H groups in total. The molecule has 114 valence electrons. The molecule has 1 atom stereocenters. The Labute approximate surface area is 139 Å². The van der Waals surface area contributed by atoms with Crippen LogP contribution < -0.4 is 4.90 Å². The Hall–Kier alpha value is -2.07. The number of rotatable bonds is 7. The fourth-order valence-electron chi connectivity index (χ4n) is 2.27. The summed E-state index contributed by atoms with van der Waals surface area (Å²) in [6.07, 6.45) is 4.16. The van der Waals surface area contributed by atoms with Gasteiger partial charge in [-0.1, -0.05) is 70.5 Å². The maximum Gasteiger partial charge on any atom is 0.327 e. The van der Waals surface area contributed by atoms with Gasteiger partial charge in [0.25, 0.3) is 0 Å². The number of carboxylic acid groups (broad SMARTS) is 1. The lowest BCUT2D eigenvalue weighted by Gasteiger charge is -2.28. The molecule has 0 aliphatic heterocycles. The first-order chi connectivity index (χ1) is 10.7. The molecule has 0 spiro atoms. The minimum atomic E-state index is -0.841. The number of carboxylic acids is 1. The van der Waals surface area contributed by atoms with Crippen LogP contribution in [-0.4, -0.2) is 22.4 Å². The van der Waals surface area contributed by atoms with Crippen molar-refractivity contribution < 1.29 is 9.90 Å². The molecule has 0 radical (unpaired) electrons. The van der Waals surface area contributed by atoms with Crippen molar-refractivity contribution in [2.45, 2.75) is 12.5 Å². The fraction of sp³-hybridized carbons (Fsp3) is 0.167. The molecule has 2 aromatic carbocycles. The fourth-order valence-corrected chi connectivity index (χ4v) is 2.43. The third kappa shape index (κ3) is 4.46. The van der Waals surface area contributed by atoms with Gasteiger partial charge in [0, 0.05) is 23.6 Å². The van der Waals surface area contributed by atoms with E-state index >= 15 is 0 Å². The Morgan fingerprint density at radius 3 is 2.23 bits per heavy atom. The Balaban J connectivity index is 2.32. The SMILES string of the molecule is O=C(O)[C@H](Cc1ccccc1)N(C=CCBr)c1ccccc1. The van der Waals surface area contributed by atoms with Crippen LogP contribution in [0.25, 0.3) is 0 Å². The Morgan fingerprint density at radius 2 is 1.68 bits per heavy atom. The van der Waals surface area contributed by atoms with E-state index in [1.165, 1.54) is 0 Å². The maximum atomic E-state index is 11.8. The summed E-state index contributed by atoms with van der Waals surface area (Å²) in [6.45, 7) is 0. The van der Waals surface area contributed by atoms with E-state index in [9.17, 15) is 9.90 Å². The van der Waals surface area contributed by atoms with Crippen molar-refractivity contribution >= 4 is 27.6 Å². The van der Waals surface area contributed by atoms with Crippen LogP contribution >= 0.6 is 15.9 Å². The van der Waals surface area contributed by atoms with Gasteiger partial charge in [-0.3, -0.25) is 0 Å². The molecule has 0 amide bonds. The van der Waals surface area contributed by atoms with Crippen LogP contribution in [-0.2, 0) is 11.2 Å². The van der Waals surface area contributed by atoms with Crippen LogP contribution in [0.1, 0.15) is 5.56 Å². The van der Waals surface area contributed by atoms with Gasteiger partial charge in [0.1, 0.15) is 6.04 Å². The summed E-state index contributed by atoms with van der Waals surface area (Å²) < 4.78 is 0. The first-order valence-corrected chi connectivity index (χ1v) is 8.17. The Kier molecular flexibility index (Phi) is 6.22. The number of benzene rings is 2. The molecular formula is C18H18BrNO2. The van der Waals surface area contributed by atoms with Crippen LogP contribution in [0.2, 0.25) is 0 Å².